The molecule has 2 atom stereocenters. The largest absolute Gasteiger partial charge is 0.480 e. The molecule has 2 aromatic rings. The molecule has 11 nitrogen and oxygen atoms in total. The molecule has 2 aliphatic rings. The van der Waals surface area contributed by atoms with Crippen LogP contribution in [-0.4, -0.2) is 56.6 Å². The van der Waals surface area contributed by atoms with Crippen molar-refractivity contribution in [3.8, 4) is 10.4 Å². The SMILES string of the molecule is O=C(O)CNC(=O)Nc1cccc(-c2ccc([C@@]3(CC(=O)NOC4CCCCO4)CCCCS3(=O)=O)s2)c1. The first kappa shape index (κ1) is 28.0. The van der Waals surface area contributed by atoms with Crippen molar-refractivity contribution in [2.45, 2.75) is 56.0 Å². The van der Waals surface area contributed by atoms with Crippen LogP contribution >= 0.6 is 11.3 Å². The number of carbonyl (C=O) groups excluding carboxylic acids is 2. The highest BCUT2D eigenvalue weighted by Crippen LogP contribution is 2.47. The molecule has 38 heavy (non-hydrogen) atoms. The molecule has 4 rings (SSSR count). The molecule has 1 unspecified atom stereocenters. The van der Waals surface area contributed by atoms with Gasteiger partial charge in [-0.25, -0.2) is 23.5 Å². The molecular weight excluding hydrogens is 534 g/mol. The van der Waals surface area contributed by atoms with E-state index in [9.17, 15) is 22.8 Å². The maximum Gasteiger partial charge on any atom is 0.323 e. The topological polar surface area (TPSA) is 160 Å². The number of nitrogens with one attached hydrogen (secondary N) is 3. The van der Waals surface area contributed by atoms with E-state index in [-0.39, 0.29) is 12.2 Å². The van der Waals surface area contributed by atoms with Gasteiger partial charge in [0, 0.05) is 28.5 Å². The van der Waals surface area contributed by atoms with Gasteiger partial charge in [-0.3, -0.25) is 9.59 Å². The van der Waals surface area contributed by atoms with E-state index >= 15 is 0 Å². The van der Waals surface area contributed by atoms with Gasteiger partial charge in [-0.15, -0.1) is 11.3 Å². The molecule has 0 aliphatic carbocycles. The van der Waals surface area contributed by atoms with Gasteiger partial charge in [0.15, 0.2) is 16.1 Å². The van der Waals surface area contributed by atoms with Crippen molar-refractivity contribution in [2.24, 2.45) is 0 Å². The van der Waals surface area contributed by atoms with Crippen LogP contribution in [-0.2, 0) is 33.7 Å². The van der Waals surface area contributed by atoms with Crippen LogP contribution in [0.2, 0.25) is 0 Å². The number of carbonyl (C=O) groups is 3. The Bertz CT molecular complexity index is 1270. The first-order valence-corrected chi connectivity index (χ1v) is 14.9. The zero-order valence-corrected chi connectivity index (χ0v) is 22.4. The van der Waals surface area contributed by atoms with Gasteiger partial charge in [0.05, 0.1) is 12.2 Å². The lowest BCUT2D eigenvalue weighted by atomic mass is 9.94. The summed E-state index contributed by atoms with van der Waals surface area (Å²) < 4.78 is 31.0. The Labute approximate surface area is 224 Å². The fourth-order valence-corrected chi connectivity index (χ4v) is 8.44. The van der Waals surface area contributed by atoms with Gasteiger partial charge >= 0.3 is 12.0 Å². The maximum absolute atomic E-state index is 13.4. The van der Waals surface area contributed by atoms with Crippen LogP contribution < -0.4 is 16.1 Å². The number of benzene rings is 1. The number of hydroxylamine groups is 1. The minimum absolute atomic E-state index is 0.00493. The lowest BCUT2D eigenvalue weighted by molar-refractivity contribution is -0.200. The number of rotatable bonds is 9. The average Bonchev–Trinajstić information content (AvgIpc) is 3.39. The van der Waals surface area contributed by atoms with Crippen molar-refractivity contribution >= 4 is 44.8 Å². The Balaban J connectivity index is 1.52. The third-order valence-electron chi connectivity index (χ3n) is 6.59. The minimum Gasteiger partial charge on any atom is -0.480 e. The molecule has 0 radical (unpaired) electrons. The molecule has 3 heterocycles. The number of amides is 3. The van der Waals surface area contributed by atoms with Crippen LogP contribution in [0.4, 0.5) is 10.5 Å². The third-order valence-corrected chi connectivity index (χ3v) is 10.6. The minimum atomic E-state index is -3.63. The summed E-state index contributed by atoms with van der Waals surface area (Å²) >= 11 is 1.29. The number of anilines is 1. The summed E-state index contributed by atoms with van der Waals surface area (Å²) in [5.41, 5.74) is 3.59. The molecule has 2 aliphatic heterocycles. The Hall–Kier alpha value is -3.00. The van der Waals surface area contributed by atoms with Crippen LogP contribution in [0.15, 0.2) is 36.4 Å². The summed E-state index contributed by atoms with van der Waals surface area (Å²) in [5, 5.41) is 13.5. The zero-order valence-electron chi connectivity index (χ0n) is 20.7. The standard InChI is InChI=1S/C25H31N3O8S2/c29-21(28-36-23-8-1-3-12-35-23)15-25(11-2-4-13-38(25,33)34)20-10-9-19(37-20)17-6-5-7-18(14-17)27-24(32)26-16-22(30)31/h5-7,9-10,14,23H,1-4,8,11-13,15-16H2,(H,28,29)(H,30,31)(H2,26,27,32)/t23?,25-/m0/s1. The molecule has 0 spiro atoms. The lowest BCUT2D eigenvalue weighted by Crippen LogP contribution is -2.45. The summed E-state index contributed by atoms with van der Waals surface area (Å²) in [6.45, 7) is 0.0449. The number of sulfone groups is 1. The van der Waals surface area contributed by atoms with Crippen molar-refractivity contribution in [2.75, 3.05) is 24.2 Å². The third kappa shape index (κ3) is 6.70. The summed E-state index contributed by atoms with van der Waals surface area (Å²) in [6, 6.07) is 9.82. The molecule has 13 heteroatoms. The maximum atomic E-state index is 13.4. The van der Waals surface area contributed by atoms with E-state index in [1.807, 2.05) is 6.07 Å². The Morgan fingerprint density at radius 2 is 1.97 bits per heavy atom. The second-order valence-electron chi connectivity index (χ2n) is 9.33. The van der Waals surface area contributed by atoms with Crippen molar-refractivity contribution < 1.29 is 37.5 Å². The molecule has 4 N–H and O–H groups in total. The van der Waals surface area contributed by atoms with Crippen LogP contribution in [0.5, 0.6) is 0 Å². The van der Waals surface area contributed by atoms with E-state index in [4.69, 9.17) is 14.7 Å². The fraction of sp³-hybridized carbons (Fsp3) is 0.480. The predicted octanol–water partition coefficient (Wildman–Crippen LogP) is 3.38. The first-order valence-electron chi connectivity index (χ1n) is 12.4. The molecule has 0 saturated carbocycles. The van der Waals surface area contributed by atoms with Crippen molar-refractivity contribution in [3.63, 3.8) is 0 Å². The quantitative estimate of drug-likeness (QED) is 0.337. The van der Waals surface area contributed by atoms with E-state index in [0.29, 0.717) is 42.9 Å². The average molecular weight is 566 g/mol. The van der Waals surface area contributed by atoms with E-state index in [1.54, 1.807) is 30.3 Å². The molecule has 0 bridgehead atoms. The van der Waals surface area contributed by atoms with Gasteiger partial charge in [-0.1, -0.05) is 18.6 Å². The molecule has 1 aromatic heterocycles. The highest BCUT2D eigenvalue weighted by Gasteiger charge is 2.49. The summed E-state index contributed by atoms with van der Waals surface area (Å²) in [6.07, 6.45) is 3.29. The molecule has 1 aromatic carbocycles. The van der Waals surface area contributed by atoms with Crippen LogP contribution in [0.25, 0.3) is 10.4 Å². The number of thiophene rings is 1. The monoisotopic (exact) mass is 565 g/mol. The Morgan fingerprint density at radius 3 is 2.71 bits per heavy atom. The fourth-order valence-electron chi connectivity index (χ4n) is 4.67. The Morgan fingerprint density at radius 1 is 1.13 bits per heavy atom. The number of carboxylic acids is 1. The number of hydrogen-bond donors (Lipinski definition) is 4. The van der Waals surface area contributed by atoms with Crippen LogP contribution in [0, 0.1) is 0 Å². The highest BCUT2D eigenvalue weighted by molar-refractivity contribution is 7.92. The number of ether oxygens (including phenoxy) is 1. The number of aliphatic carboxylic acids is 1. The van der Waals surface area contributed by atoms with Crippen molar-refractivity contribution in [3.05, 3.63) is 41.3 Å². The normalized spacial score (nSPS) is 22.8. The molecule has 2 saturated heterocycles. The number of urea groups is 1. The van der Waals surface area contributed by atoms with E-state index in [2.05, 4.69) is 16.1 Å². The van der Waals surface area contributed by atoms with Gasteiger partial charge in [-0.05, 0) is 55.5 Å². The molecule has 206 valence electrons. The van der Waals surface area contributed by atoms with Gasteiger partial charge in [-0.2, -0.15) is 0 Å². The highest BCUT2D eigenvalue weighted by atomic mass is 32.2. The lowest BCUT2D eigenvalue weighted by Gasteiger charge is -2.35. The van der Waals surface area contributed by atoms with E-state index < -0.39 is 45.3 Å². The number of carboxylic acid groups (broad SMARTS) is 1. The zero-order chi connectivity index (χ0) is 27.2. The first-order chi connectivity index (χ1) is 18.2. The smallest absolute Gasteiger partial charge is 0.323 e. The van der Waals surface area contributed by atoms with Gasteiger partial charge in [0.25, 0.3) is 0 Å². The van der Waals surface area contributed by atoms with Crippen molar-refractivity contribution in [1.82, 2.24) is 10.8 Å². The second-order valence-corrected chi connectivity index (χ2v) is 12.8. The van der Waals surface area contributed by atoms with Gasteiger partial charge < -0.3 is 20.5 Å². The number of hydrogen-bond acceptors (Lipinski definition) is 8. The second kappa shape index (κ2) is 12.2. The van der Waals surface area contributed by atoms with E-state index in [1.165, 1.54) is 11.3 Å². The van der Waals surface area contributed by atoms with Crippen molar-refractivity contribution in [1.29, 1.82) is 0 Å². The molecule has 2 fully saturated rings. The van der Waals surface area contributed by atoms with Gasteiger partial charge in [0.1, 0.15) is 11.3 Å². The Kier molecular flexibility index (Phi) is 9.03. The predicted molar refractivity (Wildman–Crippen MR) is 141 cm³/mol. The summed E-state index contributed by atoms with van der Waals surface area (Å²) in [5.74, 6) is -1.67. The summed E-state index contributed by atoms with van der Waals surface area (Å²) in [4.78, 5) is 42.2. The van der Waals surface area contributed by atoms with Crippen LogP contribution in [0.1, 0.15) is 49.8 Å². The van der Waals surface area contributed by atoms with E-state index in [0.717, 1.165) is 23.3 Å². The summed E-state index contributed by atoms with van der Waals surface area (Å²) in [7, 11) is -3.63. The van der Waals surface area contributed by atoms with Crippen LogP contribution in [0.3, 0.4) is 0 Å². The van der Waals surface area contributed by atoms with Gasteiger partial charge in [0.2, 0.25) is 5.91 Å². The molecular formula is C25H31N3O8S2. The molecule has 3 amide bonds.